The molecule has 0 saturated heterocycles. The first-order valence-corrected chi connectivity index (χ1v) is 4.83. The van der Waals surface area contributed by atoms with Crippen molar-refractivity contribution in [3.8, 4) is 0 Å². The normalized spacial score (nSPS) is 10.5. The summed E-state index contributed by atoms with van der Waals surface area (Å²) in [5.41, 5.74) is 1.76. The average Bonchev–Trinajstić information content (AvgIpc) is 2.62. The van der Waals surface area contributed by atoms with Crippen LogP contribution in [-0.4, -0.2) is 13.1 Å². The van der Waals surface area contributed by atoms with Crippen LogP contribution < -0.4 is 0 Å². The SMILES string of the molecule is O=[C]OCCc1coc2ccc(Cl)cc12. The number of ether oxygens (including phenoxy) is 1. The fourth-order valence-corrected chi connectivity index (χ4v) is 1.62. The van der Waals surface area contributed by atoms with Gasteiger partial charge in [0.15, 0.2) is 0 Å². The molecule has 1 heterocycles. The van der Waals surface area contributed by atoms with Gasteiger partial charge in [-0.3, -0.25) is 0 Å². The second-order valence-corrected chi connectivity index (χ2v) is 3.52. The first-order valence-electron chi connectivity index (χ1n) is 4.46. The molecule has 0 N–H and O–H groups in total. The van der Waals surface area contributed by atoms with Gasteiger partial charge in [-0.25, -0.2) is 4.79 Å². The van der Waals surface area contributed by atoms with E-state index < -0.39 is 0 Å². The Morgan fingerprint density at radius 3 is 3.13 bits per heavy atom. The number of benzene rings is 1. The number of halogens is 1. The molecule has 77 valence electrons. The van der Waals surface area contributed by atoms with E-state index in [1.807, 2.05) is 12.1 Å². The van der Waals surface area contributed by atoms with Crippen molar-refractivity contribution in [1.82, 2.24) is 0 Å². The molecule has 3 nitrogen and oxygen atoms in total. The van der Waals surface area contributed by atoms with E-state index in [0.717, 1.165) is 16.5 Å². The molecule has 0 aliphatic rings. The number of rotatable bonds is 4. The highest BCUT2D eigenvalue weighted by molar-refractivity contribution is 6.31. The Morgan fingerprint density at radius 1 is 1.47 bits per heavy atom. The Kier molecular flexibility index (Phi) is 2.92. The van der Waals surface area contributed by atoms with Gasteiger partial charge < -0.3 is 9.15 Å². The van der Waals surface area contributed by atoms with Crippen molar-refractivity contribution < 1.29 is 13.9 Å². The highest BCUT2D eigenvalue weighted by Gasteiger charge is 2.06. The first-order chi connectivity index (χ1) is 7.31. The first kappa shape index (κ1) is 10.1. The molecule has 1 aromatic carbocycles. The summed E-state index contributed by atoms with van der Waals surface area (Å²) in [6, 6.07) is 5.42. The van der Waals surface area contributed by atoms with Crippen LogP contribution >= 0.6 is 11.6 Å². The van der Waals surface area contributed by atoms with E-state index in [2.05, 4.69) is 4.74 Å². The minimum absolute atomic E-state index is 0.296. The summed E-state index contributed by atoms with van der Waals surface area (Å²) >= 11 is 5.87. The number of hydrogen-bond donors (Lipinski definition) is 0. The van der Waals surface area contributed by atoms with Crippen molar-refractivity contribution in [2.24, 2.45) is 0 Å². The minimum atomic E-state index is 0.296. The molecule has 0 aliphatic heterocycles. The Hall–Kier alpha value is -1.48. The summed E-state index contributed by atoms with van der Waals surface area (Å²) in [5.74, 6) is 0. The van der Waals surface area contributed by atoms with Gasteiger partial charge in [-0.1, -0.05) is 11.6 Å². The van der Waals surface area contributed by atoms with Crippen LogP contribution in [0.3, 0.4) is 0 Å². The molecule has 0 spiro atoms. The number of furan rings is 1. The zero-order valence-corrected chi connectivity index (χ0v) is 8.58. The number of hydrogen-bond acceptors (Lipinski definition) is 3. The van der Waals surface area contributed by atoms with Crippen molar-refractivity contribution in [3.05, 3.63) is 35.0 Å². The van der Waals surface area contributed by atoms with E-state index in [4.69, 9.17) is 16.0 Å². The fourth-order valence-electron chi connectivity index (χ4n) is 1.45. The number of carbonyl (C=O) groups excluding carboxylic acids is 1. The third kappa shape index (κ3) is 2.13. The van der Waals surface area contributed by atoms with Crippen LogP contribution in [0.15, 0.2) is 28.9 Å². The molecular weight excluding hydrogens is 216 g/mol. The van der Waals surface area contributed by atoms with Crippen LogP contribution in [0.4, 0.5) is 0 Å². The maximum Gasteiger partial charge on any atom is 0.417 e. The zero-order valence-electron chi connectivity index (χ0n) is 7.83. The Balaban J connectivity index is 2.27. The molecule has 2 aromatic rings. The Morgan fingerprint density at radius 2 is 2.33 bits per heavy atom. The standard InChI is InChI=1S/C11H8ClO3/c12-9-1-2-11-10(5-9)8(6-15-11)3-4-14-7-13/h1-2,5-6H,3-4H2. The molecule has 0 aliphatic carbocycles. The molecular formula is C11H8ClO3. The van der Waals surface area contributed by atoms with Crippen LogP contribution in [0.1, 0.15) is 5.56 Å². The predicted molar refractivity (Wildman–Crippen MR) is 56.6 cm³/mol. The fraction of sp³-hybridized carbons (Fsp3) is 0.182. The van der Waals surface area contributed by atoms with Gasteiger partial charge in [-0.05, 0) is 18.2 Å². The van der Waals surface area contributed by atoms with Gasteiger partial charge in [0.05, 0.1) is 12.9 Å². The molecule has 0 unspecified atom stereocenters. The minimum Gasteiger partial charge on any atom is -0.464 e. The summed E-state index contributed by atoms with van der Waals surface area (Å²) < 4.78 is 9.83. The van der Waals surface area contributed by atoms with Gasteiger partial charge in [0, 0.05) is 22.4 Å². The number of fused-ring (bicyclic) bond motifs is 1. The van der Waals surface area contributed by atoms with Crippen molar-refractivity contribution in [1.29, 1.82) is 0 Å². The monoisotopic (exact) mass is 223 g/mol. The van der Waals surface area contributed by atoms with Crippen molar-refractivity contribution >= 4 is 29.0 Å². The van der Waals surface area contributed by atoms with E-state index in [1.165, 1.54) is 6.47 Å². The molecule has 0 amide bonds. The predicted octanol–water partition coefficient (Wildman–Crippen LogP) is 2.71. The quantitative estimate of drug-likeness (QED) is 0.749. The van der Waals surface area contributed by atoms with E-state index in [-0.39, 0.29) is 0 Å². The maximum absolute atomic E-state index is 9.86. The summed E-state index contributed by atoms with van der Waals surface area (Å²) in [6.07, 6.45) is 2.25. The highest BCUT2D eigenvalue weighted by Crippen LogP contribution is 2.24. The lowest BCUT2D eigenvalue weighted by Gasteiger charge is -1.96. The summed E-state index contributed by atoms with van der Waals surface area (Å²) in [4.78, 5) is 9.86. The lowest BCUT2D eigenvalue weighted by molar-refractivity contribution is 0.281. The molecule has 1 radical (unpaired) electrons. The molecule has 0 saturated carbocycles. The van der Waals surface area contributed by atoms with E-state index >= 15 is 0 Å². The second kappa shape index (κ2) is 4.36. The van der Waals surface area contributed by atoms with Gasteiger partial charge in [0.2, 0.25) is 0 Å². The third-order valence-electron chi connectivity index (χ3n) is 2.15. The van der Waals surface area contributed by atoms with Gasteiger partial charge in [-0.15, -0.1) is 0 Å². The summed E-state index contributed by atoms with van der Waals surface area (Å²) in [5, 5.41) is 1.62. The Bertz CT molecular complexity index is 476. The molecule has 0 fully saturated rings. The van der Waals surface area contributed by atoms with Crippen molar-refractivity contribution in [2.75, 3.05) is 6.61 Å². The maximum atomic E-state index is 9.86. The van der Waals surface area contributed by atoms with E-state index in [0.29, 0.717) is 18.1 Å². The summed E-state index contributed by atoms with van der Waals surface area (Å²) in [7, 11) is 0. The van der Waals surface area contributed by atoms with Crippen molar-refractivity contribution in [3.63, 3.8) is 0 Å². The molecule has 0 atom stereocenters. The lowest BCUT2D eigenvalue weighted by Crippen LogP contribution is -1.95. The third-order valence-corrected chi connectivity index (χ3v) is 2.38. The largest absolute Gasteiger partial charge is 0.464 e. The van der Waals surface area contributed by atoms with Crippen LogP contribution in [-0.2, 0) is 16.0 Å². The van der Waals surface area contributed by atoms with Gasteiger partial charge in [0.1, 0.15) is 5.58 Å². The van der Waals surface area contributed by atoms with E-state index in [1.54, 1.807) is 12.3 Å². The van der Waals surface area contributed by atoms with Gasteiger partial charge >= 0.3 is 6.47 Å². The molecule has 4 heteroatoms. The van der Waals surface area contributed by atoms with Crippen LogP contribution in [0.25, 0.3) is 11.0 Å². The zero-order chi connectivity index (χ0) is 10.7. The topological polar surface area (TPSA) is 39.4 Å². The molecule has 15 heavy (non-hydrogen) atoms. The lowest BCUT2D eigenvalue weighted by atomic mass is 10.1. The van der Waals surface area contributed by atoms with Crippen LogP contribution in [0.2, 0.25) is 5.02 Å². The average molecular weight is 224 g/mol. The summed E-state index contributed by atoms with van der Waals surface area (Å²) in [6.45, 7) is 1.68. The Labute approximate surface area is 91.6 Å². The van der Waals surface area contributed by atoms with Gasteiger partial charge in [0.25, 0.3) is 0 Å². The van der Waals surface area contributed by atoms with Crippen molar-refractivity contribution in [2.45, 2.75) is 6.42 Å². The van der Waals surface area contributed by atoms with Crippen LogP contribution in [0, 0.1) is 0 Å². The highest BCUT2D eigenvalue weighted by atomic mass is 35.5. The molecule has 0 bridgehead atoms. The van der Waals surface area contributed by atoms with Gasteiger partial charge in [-0.2, -0.15) is 0 Å². The van der Waals surface area contributed by atoms with Crippen LogP contribution in [0.5, 0.6) is 0 Å². The molecule has 2 rings (SSSR count). The molecule has 1 aromatic heterocycles. The smallest absolute Gasteiger partial charge is 0.417 e. The second-order valence-electron chi connectivity index (χ2n) is 3.08. The van der Waals surface area contributed by atoms with E-state index in [9.17, 15) is 4.79 Å².